The molecule has 0 radical (unpaired) electrons. The van der Waals surface area contributed by atoms with E-state index in [0.29, 0.717) is 6.42 Å². The summed E-state index contributed by atoms with van der Waals surface area (Å²) in [6, 6.07) is 16.9. The van der Waals surface area contributed by atoms with Crippen molar-refractivity contribution in [3.05, 3.63) is 70.8 Å². The number of carbonyl (C=O) groups excluding carboxylic acids is 2. The van der Waals surface area contributed by atoms with Gasteiger partial charge in [-0.15, -0.1) is 0 Å². The highest BCUT2D eigenvalue weighted by molar-refractivity contribution is 5.98. The van der Waals surface area contributed by atoms with Gasteiger partial charge in [0.1, 0.15) is 6.54 Å². The first-order valence-corrected chi connectivity index (χ1v) is 11.5. The Bertz CT molecular complexity index is 870. The lowest BCUT2D eigenvalue weighted by Crippen LogP contribution is -3.12. The molecule has 30 heavy (non-hydrogen) atoms. The summed E-state index contributed by atoms with van der Waals surface area (Å²) in [6.07, 6.45) is 7.24. The molecule has 0 saturated carbocycles. The third-order valence-corrected chi connectivity index (χ3v) is 6.60. The van der Waals surface area contributed by atoms with Crippen molar-refractivity contribution in [2.45, 2.75) is 64.0 Å². The van der Waals surface area contributed by atoms with Crippen LogP contribution in [0.4, 0.5) is 0 Å². The summed E-state index contributed by atoms with van der Waals surface area (Å²) < 4.78 is 0. The van der Waals surface area contributed by atoms with Crippen molar-refractivity contribution in [2.75, 3.05) is 13.1 Å². The Morgan fingerprint density at radius 3 is 2.40 bits per heavy atom. The van der Waals surface area contributed by atoms with E-state index in [-0.39, 0.29) is 24.2 Å². The predicted molar refractivity (Wildman–Crippen MR) is 119 cm³/mol. The second kappa shape index (κ2) is 10.0. The summed E-state index contributed by atoms with van der Waals surface area (Å²) in [5.41, 5.74) is 4.84. The molecule has 0 atom stereocenters. The van der Waals surface area contributed by atoms with E-state index in [9.17, 15) is 9.59 Å². The number of hydrogen-bond donors (Lipinski definition) is 2. The van der Waals surface area contributed by atoms with Gasteiger partial charge in [-0.2, -0.15) is 0 Å². The normalized spacial score (nSPS) is 20.9. The smallest absolute Gasteiger partial charge is 0.220 e. The van der Waals surface area contributed by atoms with E-state index in [1.54, 1.807) is 4.90 Å². The minimum Gasteiger partial charge on any atom is -0.353 e. The molecule has 1 aliphatic carbocycles. The zero-order valence-electron chi connectivity index (χ0n) is 17.8. The number of carbonyl (C=O) groups is 2. The van der Waals surface area contributed by atoms with Gasteiger partial charge < -0.3 is 10.2 Å². The maximum absolute atomic E-state index is 12.6. The third-order valence-electron chi connectivity index (χ3n) is 6.60. The minimum atomic E-state index is 0.0119. The van der Waals surface area contributed by atoms with Gasteiger partial charge in [0, 0.05) is 42.9 Å². The fourth-order valence-corrected chi connectivity index (χ4v) is 4.81. The lowest BCUT2D eigenvalue weighted by molar-refractivity contribution is -0.918. The molecule has 0 unspecified atom stereocenters. The molecule has 2 aliphatic rings. The van der Waals surface area contributed by atoms with Gasteiger partial charge in [0.2, 0.25) is 5.91 Å². The lowest BCUT2D eigenvalue weighted by Gasteiger charge is -2.29. The van der Waals surface area contributed by atoms with Crippen molar-refractivity contribution >= 4 is 11.7 Å². The quantitative estimate of drug-likeness (QED) is 0.696. The summed E-state index contributed by atoms with van der Waals surface area (Å²) in [5, 5.41) is 3.16. The predicted octanol–water partition coefficient (Wildman–Crippen LogP) is 2.89. The number of ketones is 1. The number of rotatable bonds is 7. The summed E-state index contributed by atoms with van der Waals surface area (Å²) in [6.45, 7) is 3.21. The Hall–Kier alpha value is -2.46. The number of quaternary nitrogens is 1. The van der Waals surface area contributed by atoms with E-state index in [1.807, 2.05) is 6.07 Å². The molecule has 1 amide bonds. The van der Waals surface area contributed by atoms with Crippen molar-refractivity contribution in [3.63, 3.8) is 0 Å². The van der Waals surface area contributed by atoms with Crippen LogP contribution in [0.15, 0.2) is 48.5 Å². The van der Waals surface area contributed by atoms with Crippen molar-refractivity contribution in [2.24, 2.45) is 0 Å². The molecule has 1 aliphatic heterocycles. The average Bonchev–Trinajstić information content (AvgIpc) is 2.79. The fourth-order valence-electron chi connectivity index (χ4n) is 4.81. The summed E-state index contributed by atoms with van der Waals surface area (Å²) in [7, 11) is 0. The highest BCUT2D eigenvalue weighted by Crippen LogP contribution is 2.23. The second-order valence-corrected chi connectivity index (χ2v) is 8.87. The molecule has 1 saturated heterocycles. The number of hydrogen-bond acceptors (Lipinski definition) is 2. The average molecular weight is 406 g/mol. The molecule has 4 nitrogen and oxygen atoms in total. The van der Waals surface area contributed by atoms with Crippen LogP contribution in [-0.4, -0.2) is 30.8 Å². The number of benzene rings is 2. The van der Waals surface area contributed by atoms with Crippen LogP contribution in [0.25, 0.3) is 0 Å². The molecule has 4 rings (SSSR count). The third kappa shape index (κ3) is 5.57. The monoisotopic (exact) mass is 405 g/mol. The number of fused-ring (bicyclic) bond motifs is 1. The number of likely N-dealkylation sites (tertiary alicyclic amines) is 1. The summed E-state index contributed by atoms with van der Waals surface area (Å²) in [5.74, 6) is 0.0958. The van der Waals surface area contributed by atoms with Crippen molar-refractivity contribution in [1.29, 1.82) is 0 Å². The van der Waals surface area contributed by atoms with Crippen LogP contribution >= 0.6 is 0 Å². The molecule has 2 N–H and O–H groups in total. The minimum absolute atomic E-state index is 0.0119. The van der Waals surface area contributed by atoms with Crippen LogP contribution in [0, 0.1) is 0 Å². The molecule has 2 aromatic rings. The van der Waals surface area contributed by atoms with Crippen molar-refractivity contribution in [3.8, 4) is 0 Å². The molecule has 158 valence electrons. The topological polar surface area (TPSA) is 50.6 Å². The van der Waals surface area contributed by atoms with E-state index in [0.717, 1.165) is 50.9 Å². The number of nitrogens with one attached hydrogen (secondary N) is 2. The van der Waals surface area contributed by atoms with Gasteiger partial charge in [0.15, 0.2) is 5.78 Å². The Kier molecular flexibility index (Phi) is 6.96. The fraction of sp³-hybridized carbons (Fsp3) is 0.462. The van der Waals surface area contributed by atoms with Crippen LogP contribution in [0.5, 0.6) is 0 Å². The molecular weight excluding hydrogens is 372 g/mol. The van der Waals surface area contributed by atoms with Crippen molar-refractivity contribution in [1.82, 2.24) is 5.32 Å². The zero-order valence-corrected chi connectivity index (χ0v) is 17.8. The van der Waals surface area contributed by atoms with E-state index < -0.39 is 0 Å². The Labute approximate surface area is 179 Å². The van der Waals surface area contributed by atoms with Gasteiger partial charge in [-0.05, 0) is 42.9 Å². The van der Waals surface area contributed by atoms with Crippen LogP contribution in [0.3, 0.4) is 0 Å². The van der Waals surface area contributed by atoms with Gasteiger partial charge in [-0.3, -0.25) is 9.59 Å². The largest absolute Gasteiger partial charge is 0.353 e. The van der Waals surface area contributed by atoms with Crippen LogP contribution in [0.1, 0.15) is 65.6 Å². The first-order chi connectivity index (χ1) is 14.7. The van der Waals surface area contributed by atoms with Gasteiger partial charge in [-0.1, -0.05) is 42.5 Å². The molecule has 0 spiro atoms. The highest BCUT2D eigenvalue weighted by atomic mass is 16.2. The summed E-state index contributed by atoms with van der Waals surface area (Å²) >= 11 is 0. The van der Waals surface area contributed by atoms with E-state index in [2.05, 4.69) is 47.8 Å². The second-order valence-electron chi connectivity index (χ2n) is 8.87. The van der Waals surface area contributed by atoms with E-state index in [4.69, 9.17) is 0 Å². The first kappa shape index (κ1) is 20.8. The van der Waals surface area contributed by atoms with Crippen LogP contribution in [0.2, 0.25) is 0 Å². The van der Waals surface area contributed by atoms with Gasteiger partial charge in [0.05, 0.1) is 13.1 Å². The molecule has 2 aromatic carbocycles. The molecule has 1 fully saturated rings. The van der Waals surface area contributed by atoms with Gasteiger partial charge in [-0.25, -0.2) is 0 Å². The molecule has 4 heteroatoms. The van der Waals surface area contributed by atoms with E-state index >= 15 is 0 Å². The zero-order chi connectivity index (χ0) is 20.8. The van der Waals surface area contributed by atoms with Crippen LogP contribution in [-0.2, 0) is 24.2 Å². The molecule has 1 heterocycles. The number of Topliss-reactive ketones (excluding diaryl/α,β-unsaturated/α-hetero) is 1. The Morgan fingerprint density at radius 1 is 0.900 bits per heavy atom. The number of piperidine rings is 1. The van der Waals surface area contributed by atoms with Gasteiger partial charge in [0.25, 0.3) is 0 Å². The molecule has 0 aromatic heterocycles. The van der Waals surface area contributed by atoms with Crippen molar-refractivity contribution < 1.29 is 14.5 Å². The van der Waals surface area contributed by atoms with Gasteiger partial charge >= 0.3 is 0 Å². The Morgan fingerprint density at radius 2 is 1.63 bits per heavy atom. The standard InChI is InChI=1S/C26H32N2O2/c29-25(23-11-10-21-8-4-5-9-22(21)18-23)12-13-26(30)27-24-14-16-28(17-15-24)19-20-6-2-1-3-7-20/h1-3,6-7,10-11,18,24H,4-5,8-9,12-17,19H2,(H,27,30)/p+1. The van der Waals surface area contributed by atoms with E-state index in [1.165, 1.54) is 29.5 Å². The summed E-state index contributed by atoms with van der Waals surface area (Å²) in [4.78, 5) is 26.5. The number of aryl methyl sites for hydroxylation is 2. The lowest BCUT2D eigenvalue weighted by atomic mass is 9.89. The number of amides is 1. The first-order valence-electron chi connectivity index (χ1n) is 11.5. The highest BCUT2D eigenvalue weighted by Gasteiger charge is 2.23. The maximum Gasteiger partial charge on any atom is 0.220 e. The molecule has 0 bridgehead atoms. The SMILES string of the molecule is O=C(CCC(=O)c1ccc2c(c1)CCCC2)NC1CC[NH+](Cc2ccccc2)CC1. The maximum atomic E-state index is 12.6. The molecular formula is C26H33N2O2+. The van der Waals surface area contributed by atoms with Crippen LogP contribution < -0.4 is 10.2 Å². The Balaban J connectivity index is 1.18.